The normalized spacial score (nSPS) is 16.3. The second kappa shape index (κ2) is 8.28. The Kier molecular flexibility index (Phi) is 6.34. The molecule has 0 radical (unpaired) electrons. The van der Waals surface area contributed by atoms with E-state index in [2.05, 4.69) is 53.6 Å². The van der Waals surface area contributed by atoms with Gasteiger partial charge in [-0.25, -0.2) is 0 Å². The molecule has 1 heterocycles. The summed E-state index contributed by atoms with van der Waals surface area (Å²) in [6.07, 6.45) is 2.63. The number of nitrogens with zero attached hydrogens (tertiary/aromatic N) is 1. The standard InChI is InChI=1S/C17H29N3/c1-3-20(4-2)17-7-5-15(6-8-17)13-19-14-16-9-11-18-12-10-16/h5-8,16,18-19H,3-4,9-14H2,1-2H3. The monoisotopic (exact) mass is 275 g/mol. The molecule has 1 aliphatic rings. The fraction of sp³-hybridized carbons (Fsp3) is 0.647. The van der Waals surface area contributed by atoms with Crippen LogP contribution in [0.25, 0.3) is 0 Å². The Morgan fingerprint density at radius 1 is 1.10 bits per heavy atom. The molecule has 3 nitrogen and oxygen atoms in total. The van der Waals surface area contributed by atoms with Crippen LogP contribution in [-0.2, 0) is 6.54 Å². The molecular formula is C17H29N3. The van der Waals surface area contributed by atoms with Crippen LogP contribution < -0.4 is 15.5 Å². The molecule has 0 aromatic heterocycles. The van der Waals surface area contributed by atoms with Crippen molar-refractivity contribution in [2.75, 3.05) is 37.6 Å². The van der Waals surface area contributed by atoms with Gasteiger partial charge in [0.15, 0.2) is 0 Å². The Hall–Kier alpha value is -1.06. The number of benzene rings is 1. The first kappa shape index (κ1) is 15.3. The minimum atomic E-state index is 0.853. The van der Waals surface area contributed by atoms with Crippen LogP contribution in [0, 0.1) is 5.92 Å². The van der Waals surface area contributed by atoms with Crippen molar-refractivity contribution in [2.45, 2.75) is 33.2 Å². The topological polar surface area (TPSA) is 27.3 Å². The zero-order valence-electron chi connectivity index (χ0n) is 13.0. The number of rotatable bonds is 7. The highest BCUT2D eigenvalue weighted by Crippen LogP contribution is 2.15. The average Bonchev–Trinajstić information content (AvgIpc) is 2.51. The van der Waals surface area contributed by atoms with Crippen molar-refractivity contribution in [1.29, 1.82) is 0 Å². The Morgan fingerprint density at radius 2 is 1.75 bits per heavy atom. The van der Waals surface area contributed by atoms with Gasteiger partial charge in [-0.3, -0.25) is 0 Å². The van der Waals surface area contributed by atoms with Gasteiger partial charge in [0.05, 0.1) is 0 Å². The molecule has 3 heteroatoms. The van der Waals surface area contributed by atoms with Crippen LogP contribution in [0.2, 0.25) is 0 Å². The fourth-order valence-electron chi connectivity index (χ4n) is 2.92. The van der Waals surface area contributed by atoms with Crippen molar-refractivity contribution in [2.24, 2.45) is 5.92 Å². The highest BCUT2D eigenvalue weighted by Gasteiger charge is 2.11. The van der Waals surface area contributed by atoms with E-state index in [0.29, 0.717) is 0 Å². The van der Waals surface area contributed by atoms with Crippen LogP contribution in [0.3, 0.4) is 0 Å². The molecule has 1 aromatic carbocycles. The van der Waals surface area contributed by atoms with Crippen molar-refractivity contribution in [1.82, 2.24) is 10.6 Å². The van der Waals surface area contributed by atoms with Crippen molar-refractivity contribution >= 4 is 5.69 Å². The summed E-state index contributed by atoms with van der Waals surface area (Å²) >= 11 is 0. The number of hydrogen-bond acceptors (Lipinski definition) is 3. The van der Waals surface area contributed by atoms with E-state index in [1.54, 1.807) is 0 Å². The maximum Gasteiger partial charge on any atom is 0.0366 e. The van der Waals surface area contributed by atoms with Gasteiger partial charge < -0.3 is 15.5 Å². The maximum atomic E-state index is 3.61. The Balaban J connectivity index is 1.75. The third-order valence-corrected chi connectivity index (χ3v) is 4.29. The molecule has 2 N–H and O–H groups in total. The van der Waals surface area contributed by atoms with Crippen molar-refractivity contribution in [3.8, 4) is 0 Å². The number of anilines is 1. The third-order valence-electron chi connectivity index (χ3n) is 4.29. The molecule has 1 fully saturated rings. The molecule has 1 aromatic rings. The molecular weight excluding hydrogens is 246 g/mol. The molecule has 0 amide bonds. The molecule has 0 aliphatic carbocycles. The van der Waals surface area contributed by atoms with Gasteiger partial charge in [0.1, 0.15) is 0 Å². The number of nitrogens with one attached hydrogen (secondary N) is 2. The van der Waals surface area contributed by atoms with E-state index in [1.165, 1.54) is 37.2 Å². The summed E-state index contributed by atoms with van der Waals surface area (Å²) in [5.41, 5.74) is 2.71. The lowest BCUT2D eigenvalue weighted by molar-refractivity contribution is 0.356. The summed E-state index contributed by atoms with van der Waals surface area (Å²) in [6.45, 7) is 11.1. The van der Waals surface area contributed by atoms with Crippen molar-refractivity contribution < 1.29 is 0 Å². The molecule has 1 saturated heterocycles. The van der Waals surface area contributed by atoms with E-state index in [1.807, 2.05) is 0 Å². The molecule has 112 valence electrons. The summed E-state index contributed by atoms with van der Waals surface area (Å²) in [5, 5.41) is 7.02. The minimum Gasteiger partial charge on any atom is -0.372 e. The largest absolute Gasteiger partial charge is 0.372 e. The van der Waals surface area contributed by atoms with Crippen LogP contribution in [0.1, 0.15) is 32.3 Å². The van der Waals surface area contributed by atoms with Crippen LogP contribution in [0.4, 0.5) is 5.69 Å². The number of hydrogen-bond donors (Lipinski definition) is 2. The van der Waals surface area contributed by atoms with Crippen LogP contribution in [0.15, 0.2) is 24.3 Å². The highest BCUT2D eigenvalue weighted by atomic mass is 15.1. The van der Waals surface area contributed by atoms with Gasteiger partial charge >= 0.3 is 0 Å². The number of piperidine rings is 1. The maximum absolute atomic E-state index is 3.61. The van der Waals surface area contributed by atoms with E-state index < -0.39 is 0 Å². The Labute approximate surface area is 123 Å². The van der Waals surface area contributed by atoms with Gasteiger partial charge in [-0.1, -0.05) is 12.1 Å². The molecule has 0 spiro atoms. The second-order valence-electron chi connectivity index (χ2n) is 5.66. The predicted octanol–water partition coefficient (Wildman–Crippen LogP) is 2.62. The van der Waals surface area contributed by atoms with Crippen LogP contribution >= 0.6 is 0 Å². The Bertz CT molecular complexity index is 364. The molecule has 1 aliphatic heterocycles. The SMILES string of the molecule is CCN(CC)c1ccc(CNCC2CCNCC2)cc1. The first-order chi connectivity index (χ1) is 9.83. The lowest BCUT2D eigenvalue weighted by Crippen LogP contribution is -2.33. The van der Waals surface area contributed by atoms with Crippen molar-refractivity contribution in [3.63, 3.8) is 0 Å². The highest BCUT2D eigenvalue weighted by molar-refractivity contribution is 5.47. The Morgan fingerprint density at radius 3 is 2.35 bits per heavy atom. The van der Waals surface area contributed by atoms with Gasteiger partial charge in [-0.15, -0.1) is 0 Å². The van der Waals surface area contributed by atoms with Gasteiger partial charge in [0.2, 0.25) is 0 Å². The van der Waals surface area contributed by atoms with E-state index in [0.717, 1.165) is 32.1 Å². The summed E-state index contributed by atoms with van der Waals surface area (Å²) in [7, 11) is 0. The van der Waals surface area contributed by atoms with Crippen molar-refractivity contribution in [3.05, 3.63) is 29.8 Å². The summed E-state index contributed by atoms with van der Waals surface area (Å²) in [6, 6.07) is 9.00. The van der Waals surface area contributed by atoms with E-state index in [4.69, 9.17) is 0 Å². The average molecular weight is 275 g/mol. The molecule has 0 bridgehead atoms. The van der Waals surface area contributed by atoms with Crippen LogP contribution in [-0.4, -0.2) is 32.7 Å². The quantitative estimate of drug-likeness (QED) is 0.801. The predicted molar refractivity (Wildman–Crippen MR) is 87.3 cm³/mol. The lowest BCUT2D eigenvalue weighted by Gasteiger charge is -2.23. The molecule has 0 unspecified atom stereocenters. The molecule has 2 rings (SSSR count). The summed E-state index contributed by atoms with van der Waals surface area (Å²) < 4.78 is 0. The van der Waals surface area contributed by atoms with Gasteiger partial charge in [0, 0.05) is 25.3 Å². The first-order valence-corrected chi connectivity index (χ1v) is 8.08. The molecule has 0 atom stereocenters. The van der Waals surface area contributed by atoms with Gasteiger partial charge in [0.25, 0.3) is 0 Å². The zero-order chi connectivity index (χ0) is 14.2. The lowest BCUT2D eigenvalue weighted by atomic mass is 9.98. The van der Waals surface area contributed by atoms with Crippen LogP contribution in [0.5, 0.6) is 0 Å². The minimum absolute atomic E-state index is 0.853. The fourth-order valence-corrected chi connectivity index (χ4v) is 2.92. The molecule has 0 saturated carbocycles. The van der Waals surface area contributed by atoms with Gasteiger partial charge in [-0.05, 0) is 69.9 Å². The smallest absolute Gasteiger partial charge is 0.0366 e. The van der Waals surface area contributed by atoms with Gasteiger partial charge in [-0.2, -0.15) is 0 Å². The first-order valence-electron chi connectivity index (χ1n) is 8.08. The third kappa shape index (κ3) is 4.50. The van der Waals surface area contributed by atoms with E-state index >= 15 is 0 Å². The summed E-state index contributed by atoms with van der Waals surface area (Å²) in [4.78, 5) is 2.38. The van der Waals surface area contributed by atoms with E-state index in [-0.39, 0.29) is 0 Å². The summed E-state index contributed by atoms with van der Waals surface area (Å²) in [5.74, 6) is 0.853. The van der Waals surface area contributed by atoms with E-state index in [9.17, 15) is 0 Å². The zero-order valence-corrected chi connectivity index (χ0v) is 13.0. The second-order valence-corrected chi connectivity index (χ2v) is 5.66. The molecule has 20 heavy (non-hydrogen) atoms.